The maximum Gasteiger partial charge on any atom is 0.0991 e. The molecule has 5 heteroatoms. The smallest absolute Gasteiger partial charge is 0.0991 e. The Bertz CT molecular complexity index is 7260. The van der Waals surface area contributed by atoms with Gasteiger partial charge in [-0.15, -0.1) is 0 Å². The SMILES string of the molecule is N#Cc1ccc(N(c2ccc(-c3ccccc3)cc2)c2ccc(-c3ccccc3)cc2)cc1.c1ccc(-c2ccc(N(c3ccc(-c4ccccc4)cc3)c3ccc(-c4ccccc4)cc3)cc2)cc1.c1ccc(-c2ccc(N(c3ccc(-c4ccccc4)cc3)c3ccc(C4CCCCC4)cc3)cc2)cc1.c1ccc(-c2cccc(N(c3cccc(-c4ccccc4)c3)c3cccc(-c4ccccc4)c3)c2)cc1. The molecule has 0 radical (unpaired) electrons. The lowest BCUT2D eigenvalue weighted by atomic mass is 9.84. The number of hydrogen-bond acceptors (Lipinski definition) is 5. The Morgan fingerprint density at radius 2 is 0.292 bits per heavy atom. The minimum absolute atomic E-state index is 0.651. The minimum atomic E-state index is 0.651. The summed E-state index contributed by atoms with van der Waals surface area (Å²) in [6.45, 7) is 0. The minimum Gasteiger partial charge on any atom is -0.311 e. The van der Waals surface area contributed by atoms with Crippen molar-refractivity contribution in [3.63, 3.8) is 0 Å². The van der Waals surface area contributed by atoms with Crippen LogP contribution in [0.2, 0.25) is 0 Å². The van der Waals surface area contributed by atoms with Crippen LogP contribution in [0.1, 0.15) is 49.1 Å². The van der Waals surface area contributed by atoms with E-state index in [-0.39, 0.29) is 0 Å². The van der Waals surface area contributed by atoms with E-state index in [9.17, 15) is 5.26 Å². The average Bonchev–Trinajstić information content (AvgIpc) is 0.814. The Morgan fingerprint density at radius 1 is 0.139 bits per heavy atom. The van der Waals surface area contributed by atoms with E-state index in [1.54, 1.807) is 0 Å². The van der Waals surface area contributed by atoms with Gasteiger partial charge in [0.05, 0.1) is 11.6 Å². The normalized spacial score (nSPS) is 11.4. The Morgan fingerprint density at radius 3 is 0.479 bits per heavy atom. The van der Waals surface area contributed by atoms with Crippen LogP contribution in [0.5, 0.6) is 0 Å². The molecule has 0 saturated heterocycles. The largest absolute Gasteiger partial charge is 0.311 e. The van der Waals surface area contributed by atoms with Crippen molar-refractivity contribution in [3.05, 3.63) is 606 Å². The van der Waals surface area contributed by atoms with Gasteiger partial charge in [0, 0.05) is 68.2 Å². The van der Waals surface area contributed by atoms with Crippen LogP contribution >= 0.6 is 0 Å². The van der Waals surface area contributed by atoms with Crippen molar-refractivity contribution < 1.29 is 0 Å². The third-order valence-electron chi connectivity index (χ3n) is 26.7. The van der Waals surface area contributed by atoms with Gasteiger partial charge in [-0.05, 0) is 293 Å². The van der Waals surface area contributed by atoms with Gasteiger partial charge in [0.1, 0.15) is 0 Å². The fourth-order valence-corrected chi connectivity index (χ4v) is 19.2. The number of nitriles is 1. The quantitative estimate of drug-likeness (QED) is 0.0638. The maximum atomic E-state index is 9.22. The van der Waals surface area contributed by atoms with E-state index < -0.39 is 0 Å². The van der Waals surface area contributed by atoms with Crippen molar-refractivity contribution in [1.82, 2.24) is 0 Å². The molecule has 22 aromatic rings. The molecule has 0 heterocycles. The van der Waals surface area contributed by atoms with Crippen LogP contribution in [0.25, 0.3) is 111 Å². The molecule has 0 spiro atoms. The first-order valence-electron chi connectivity index (χ1n) is 49.7. The van der Waals surface area contributed by atoms with Gasteiger partial charge in [-0.3, -0.25) is 0 Å². The molecule has 1 aliphatic carbocycles. The van der Waals surface area contributed by atoms with Gasteiger partial charge < -0.3 is 19.6 Å². The zero-order chi connectivity index (χ0) is 97.1. The molecule has 0 amide bonds. The molecule has 1 fully saturated rings. The molecular formula is C139H109N5. The molecule has 0 unspecified atom stereocenters. The molecule has 1 aliphatic rings. The molecule has 0 N–H and O–H groups in total. The third kappa shape index (κ3) is 23.1. The van der Waals surface area contributed by atoms with Gasteiger partial charge >= 0.3 is 0 Å². The van der Waals surface area contributed by atoms with Crippen LogP contribution < -0.4 is 19.6 Å². The summed E-state index contributed by atoms with van der Waals surface area (Å²) in [5.74, 6) is 0.714. The molecule has 0 bridgehead atoms. The first kappa shape index (κ1) is 93.2. The topological polar surface area (TPSA) is 36.8 Å². The van der Waals surface area contributed by atoms with E-state index in [4.69, 9.17) is 0 Å². The zero-order valence-corrected chi connectivity index (χ0v) is 80.4. The van der Waals surface area contributed by atoms with Gasteiger partial charge in [0.25, 0.3) is 0 Å². The predicted molar refractivity (Wildman–Crippen MR) is 609 cm³/mol. The monoisotopic (exact) mass is 1850 g/mol. The van der Waals surface area contributed by atoms with Gasteiger partial charge in [0.15, 0.2) is 0 Å². The predicted octanol–water partition coefficient (Wildman–Crippen LogP) is 39.2. The van der Waals surface area contributed by atoms with E-state index in [0.29, 0.717) is 11.5 Å². The van der Waals surface area contributed by atoms with E-state index in [0.717, 1.165) is 62.6 Å². The Kier molecular flexibility index (Phi) is 30.0. The van der Waals surface area contributed by atoms with E-state index in [1.165, 1.54) is 155 Å². The maximum absolute atomic E-state index is 9.22. The zero-order valence-electron chi connectivity index (χ0n) is 80.4. The highest BCUT2D eigenvalue weighted by Crippen LogP contribution is 2.46. The highest BCUT2D eigenvalue weighted by Gasteiger charge is 2.22. The number of hydrogen-bond donors (Lipinski definition) is 0. The highest BCUT2D eigenvalue weighted by atomic mass is 15.2. The van der Waals surface area contributed by atoms with Crippen LogP contribution in [-0.4, -0.2) is 0 Å². The molecule has 690 valence electrons. The lowest BCUT2D eigenvalue weighted by Gasteiger charge is -2.27. The average molecular weight is 1850 g/mol. The van der Waals surface area contributed by atoms with Crippen molar-refractivity contribution in [2.75, 3.05) is 19.6 Å². The number of rotatable bonds is 23. The van der Waals surface area contributed by atoms with Crippen LogP contribution in [0, 0.1) is 11.3 Å². The summed E-state index contributed by atoms with van der Waals surface area (Å²) >= 11 is 0. The second-order valence-corrected chi connectivity index (χ2v) is 36.1. The molecule has 5 nitrogen and oxygen atoms in total. The van der Waals surface area contributed by atoms with Crippen molar-refractivity contribution in [2.45, 2.75) is 38.0 Å². The second-order valence-electron chi connectivity index (χ2n) is 36.1. The number of anilines is 12. The lowest BCUT2D eigenvalue weighted by molar-refractivity contribution is 0.443. The molecule has 0 aromatic heterocycles. The van der Waals surface area contributed by atoms with E-state index in [1.807, 2.05) is 36.4 Å². The standard InChI is InChI=1S/C36H27N.C36H33N.C36H27N.C31H22N2/c1-4-13-28(14-5-1)31-19-10-22-34(25-31)37(35-23-11-20-32(26-35)29-15-6-2-7-16-29)36-24-12-21-33(27-36)30-17-8-3-9-18-30;2*1-4-10-28(11-5-1)31-16-22-34(23-17-31)37(35-24-18-32(19-25-35)29-12-6-2-7-13-29)36-26-20-33(21-27-36)30-14-8-3-9-15-30;32-23-24-11-17-29(18-12-24)33(30-19-13-27(14-20-30)25-7-3-1-4-8-25)31-21-15-28(16-22-31)26-9-5-2-6-10-26/h1-27H;1-2,4-7,10-13,16-27,30H,3,8-9,14-15H2;1-27H;1-22H. The first-order valence-corrected chi connectivity index (χ1v) is 49.7. The summed E-state index contributed by atoms with van der Waals surface area (Å²) in [5, 5.41) is 9.22. The van der Waals surface area contributed by atoms with Crippen LogP contribution in [0.15, 0.2) is 595 Å². The Hall–Kier alpha value is -18.5. The van der Waals surface area contributed by atoms with E-state index in [2.05, 4.69) is 584 Å². The van der Waals surface area contributed by atoms with Crippen LogP contribution in [-0.2, 0) is 0 Å². The summed E-state index contributed by atoms with van der Waals surface area (Å²) < 4.78 is 0. The summed E-state index contributed by atoms with van der Waals surface area (Å²) in [6.07, 6.45) is 6.76. The molecule has 22 aromatic carbocycles. The van der Waals surface area contributed by atoms with Crippen molar-refractivity contribution in [2.24, 2.45) is 0 Å². The molecule has 1 saturated carbocycles. The molecule has 0 aliphatic heterocycles. The van der Waals surface area contributed by atoms with Crippen molar-refractivity contribution in [1.29, 1.82) is 5.26 Å². The molecule has 23 rings (SSSR count). The highest BCUT2D eigenvalue weighted by molar-refractivity contribution is 5.88. The van der Waals surface area contributed by atoms with Gasteiger partial charge in [-0.2, -0.15) is 5.26 Å². The summed E-state index contributed by atoms with van der Waals surface area (Å²) in [6, 6.07) is 212. The number of benzene rings is 22. The van der Waals surface area contributed by atoms with Gasteiger partial charge in [-0.25, -0.2) is 0 Å². The van der Waals surface area contributed by atoms with Crippen molar-refractivity contribution in [3.8, 4) is 117 Å². The lowest BCUT2D eigenvalue weighted by Crippen LogP contribution is -2.10. The molecule has 144 heavy (non-hydrogen) atoms. The van der Waals surface area contributed by atoms with Crippen LogP contribution in [0.3, 0.4) is 0 Å². The first-order chi connectivity index (χ1) is 71.4. The third-order valence-corrected chi connectivity index (χ3v) is 26.7. The summed E-state index contributed by atoms with van der Waals surface area (Å²) in [4.78, 5) is 9.25. The van der Waals surface area contributed by atoms with Gasteiger partial charge in [-0.1, -0.05) is 456 Å². The summed E-state index contributed by atoms with van der Waals surface area (Å²) in [7, 11) is 0. The Labute approximate surface area is 848 Å². The second kappa shape index (κ2) is 46.3. The summed E-state index contributed by atoms with van der Waals surface area (Å²) in [5.41, 5.74) is 39.7. The Balaban J connectivity index is 0.000000117. The molecular weight excluding hydrogens is 1740 g/mol. The van der Waals surface area contributed by atoms with Crippen molar-refractivity contribution >= 4 is 68.2 Å². The van der Waals surface area contributed by atoms with Gasteiger partial charge in [0.2, 0.25) is 0 Å². The van der Waals surface area contributed by atoms with Crippen LogP contribution in [0.4, 0.5) is 68.2 Å². The fraction of sp³-hybridized carbons (Fsp3) is 0.0432. The fourth-order valence-electron chi connectivity index (χ4n) is 19.2. The molecule has 0 atom stereocenters. The number of nitrogens with zero attached hydrogens (tertiary/aromatic N) is 5. The van der Waals surface area contributed by atoms with E-state index >= 15 is 0 Å².